The van der Waals surface area contributed by atoms with Gasteiger partial charge in [0.2, 0.25) is 5.91 Å². The molecule has 1 aromatic carbocycles. The number of carbonyl (C=O) groups excluding carboxylic acids is 2. The monoisotopic (exact) mass is 388 g/mol. The maximum absolute atomic E-state index is 12.3. The van der Waals surface area contributed by atoms with Crippen LogP contribution in [0.15, 0.2) is 29.6 Å². The summed E-state index contributed by atoms with van der Waals surface area (Å²) in [5, 5.41) is 2.63. The van der Waals surface area contributed by atoms with E-state index < -0.39 is 0 Å². The molecule has 1 atom stereocenters. The molecule has 2 amide bonds. The van der Waals surface area contributed by atoms with Gasteiger partial charge in [-0.15, -0.1) is 11.3 Å². The zero-order chi connectivity index (χ0) is 19.2. The van der Waals surface area contributed by atoms with Crippen LogP contribution in [0.25, 0.3) is 0 Å². The summed E-state index contributed by atoms with van der Waals surface area (Å²) >= 11 is 1.44. The molecule has 2 heterocycles. The number of hydrogen-bond donors (Lipinski definition) is 2. The molecule has 2 N–H and O–H groups in total. The summed E-state index contributed by atoms with van der Waals surface area (Å²) in [7, 11) is 1.65. The SMILES string of the molecule is COc1cccc(C2CCCN2CC(=O)NNC(=O)Cc2nc(C)cs2)c1. The first-order valence-corrected chi connectivity index (χ1v) is 9.80. The second kappa shape index (κ2) is 8.96. The normalized spacial score (nSPS) is 16.9. The average Bonchev–Trinajstić information content (AvgIpc) is 3.29. The zero-order valence-corrected chi connectivity index (χ0v) is 16.3. The van der Waals surface area contributed by atoms with E-state index in [0.29, 0.717) is 0 Å². The lowest BCUT2D eigenvalue weighted by Crippen LogP contribution is -2.46. The first kappa shape index (κ1) is 19.3. The number of methoxy groups -OCH3 is 1. The predicted octanol–water partition coefficient (Wildman–Crippen LogP) is 1.99. The van der Waals surface area contributed by atoms with E-state index in [1.807, 2.05) is 30.5 Å². The van der Waals surface area contributed by atoms with Crippen LogP contribution < -0.4 is 15.6 Å². The summed E-state index contributed by atoms with van der Waals surface area (Å²) in [6, 6.07) is 8.13. The molecule has 144 valence electrons. The van der Waals surface area contributed by atoms with E-state index in [4.69, 9.17) is 4.74 Å². The molecular formula is C19H24N4O3S. The molecule has 0 bridgehead atoms. The van der Waals surface area contributed by atoms with Gasteiger partial charge in [-0.25, -0.2) is 4.98 Å². The van der Waals surface area contributed by atoms with E-state index in [-0.39, 0.29) is 30.8 Å². The van der Waals surface area contributed by atoms with Crippen LogP contribution in [0, 0.1) is 6.92 Å². The second-order valence-electron chi connectivity index (χ2n) is 6.56. The molecule has 1 unspecified atom stereocenters. The molecule has 0 saturated carbocycles. The van der Waals surface area contributed by atoms with Crippen molar-refractivity contribution in [2.75, 3.05) is 20.2 Å². The fourth-order valence-corrected chi connectivity index (χ4v) is 4.04. The third-order valence-electron chi connectivity index (χ3n) is 4.51. The van der Waals surface area contributed by atoms with E-state index in [2.05, 4.69) is 26.8 Å². The number of benzene rings is 1. The second-order valence-corrected chi connectivity index (χ2v) is 7.50. The molecule has 8 heteroatoms. The van der Waals surface area contributed by atoms with Crippen LogP contribution in [-0.4, -0.2) is 41.9 Å². The summed E-state index contributed by atoms with van der Waals surface area (Å²) in [4.78, 5) is 30.6. The Hall–Kier alpha value is -2.45. The molecule has 1 saturated heterocycles. The number of thiazole rings is 1. The van der Waals surface area contributed by atoms with Crippen molar-refractivity contribution in [2.45, 2.75) is 32.2 Å². The summed E-state index contributed by atoms with van der Waals surface area (Å²) in [6.45, 7) is 2.97. The third kappa shape index (κ3) is 5.27. The molecule has 3 rings (SSSR count). The van der Waals surface area contributed by atoms with E-state index in [1.54, 1.807) is 7.11 Å². The number of nitrogens with one attached hydrogen (secondary N) is 2. The van der Waals surface area contributed by atoms with E-state index in [1.165, 1.54) is 11.3 Å². The number of rotatable bonds is 6. The molecule has 1 aromatic heterocycles. The van der Waals surface area contributed by atoms with Gasteiger partial charge in [-0.1, -0.05) is 12.1 Å². The van der Waals surface area contributed by atoms with Gasteiger partial charge in [0.15, 0.2) is 0 Å². The summed E-state index contributed by atoms with van der Waals surface area (Å²) in [5.41, 5.74) is 7.01. The summed E-state index contributed by atoms with van der Waals surface area (Å²) in [6.07, 6.45) is 2.19. The van der Waals surface area contributed by atoms with Crippen molar-refractivity contribution in [3.63, 3.8) is 0 Å². The Balaban J connectivity index is 1.49. The van der Waals surface area contributed by atoms with Crippen molar-refractivity contribution < 1.29 is 14.3 Å². The van der Waals surface area contributed by atoms with Gasteiger partial charge in [-0.05, 0) is 44.0 Å². The molecule has 2 aromatic rings. The van der Waals surface area contributed by atoms with Crippen LogP contribution in [0.2, 0.25) is 0 Å². The largest absolute Gasteiger partial charge is 0.497 e. The highest BCUT2D eigenvalue weighted by atomic mass is 32.1. The number of hydrogen-bond acceptors (Lipinski definition) is 6. The van der Waals surface area contributed by atoms with Crippen molar-refractivity contribution in [1.29, 1.82) is 0 Å². The van der Waals surface area contributed by atoms with E-state index in [9.17, 15) is 9.59 Å². The van der Waals surface area contributed by atoms with Gasteiger partial charge in [-0.3, -0.25) is 25.3 Å². The lowest BCUT2D eigenvalue weighted by atomic mass is 10.0. The molecule has 1 fully saturated rings. The molecule has 7 nitrogen and oxygen atoms in total. The summed E-state index contributed by atoms with van der Waals surface area (Å²) in [5.74, 6) is 0.311. The molecule has 0 spiro atoms. The van der Waals surface area contributed by atoms with Gasteiger partial charge in [0.05, 0.1) is 20.1 Å². The fraction of sp³-hybridized carbons (Fsp3) is 0.421. The van der Waals surface area contributed by atoms with Crippen molar-refractivity contribution >= 4 is 23.2 Å². The Kier molecular flexibility index (Phi) is 6.41. The highest BCUT2D eigenvalue weighted by Crippen LogP contribution is 2.32. The number of ether oxygens (including phenoxy) is 1. The van der Waals surface area contributed by atoms with Crippen LogP contribution in [0.1, 0.15) is 35.1 Å². The topological polar surface area (TPSA) is 83.6 Å². The van der Waals surface area contributed by atoms with Gasteiger partial charge < -0.3 is 4.74 Å². The first-order chi connectivity index (χ1) is 13.0. The van der Waals surface area contributed by atoms with Crippen molar-refractivity contribution in [3.8, 4) is 5.75 Å². The molecule has 0 radical (unpaired) electrons. The number of nitrogens with zero attached hydrogens (tertiary/aromatic N) is 2. The van der Waals surface area contributed by atoms with Gasteiger partial charge >= 0.3 is 0 Å². The lowest BCUT2D eigenvalue weighted by molar-refractivity contribution is -0.129. The molecule has 1 aliphatic heterocycles. The van der Waals surface area contributed by atoms with Crippen molar-refractivity contribution in [1.82, 2.24) is 20.7 Å². The Bertz CT molecular complexity index is 808. The van der Waals surface area contributed by atoms with Crippen molar-refractivity contribution in [2.24, 2.45) is 0 Å². The molecular weight excluding hydrogens is 364 g/mol. The van der Waals surface area contributed by atoms with E-state index >= 15 is 0 Å². The number of aromatic nitrogens is 1. The van der Waals surface area contributed by atoms with Crippen LogP contribution >= 0.6 is 11.3 Å². The Morgan fingerprint density at radius 3 is 2.89 bits per heavy atom. The number of aryl methyl sites for hydroxylation is 1. The van der Waals surface area contributed by atoms with Crippen LogP contribution in [-0.2, 0) is 16.0 Å². The minimum absolute atomic E-state index is 0.162. The fourth-order valence-electron chi connectivity index (χ4n) is 3.27. The molecule has 1 aliphatic rings. The molecule has 27 heavy (non-hydrogen) atoms. The average molecular weight is 388 g/mol. The third-order valence-corrected chi connectivity index (χ3v) is 5.48. The number of amides is 2. The highest BCUT2D eigenvalue weighted by molar-refractivity contribution is 7.09. The number of carbonyl (C=O) groups is 2. The zero-order valence-electron chi connectivity index (χ0n) is 15.5. The van der Waals surface area contributed by atoms with E-state index in [0.717, 1.165) is 41.4 Å². The Morgan fingerprint density at radius 1 is 1.33 bits per heavy atom. The van der Waals surface area contributed by atoms with Gasteiger partial charge in [0.25, 0.3) is 5.91 Å². The molecule has 0 aliphatic carbocycles. The standard InChI is InChI=1S/C19H24N4O3S/c1-13-12-27-19(20-13)10-17(24)21-22-18(25)11-23-8-4-7-16(23)14-5-3-6-15(9-14)26-2/h3,5-6,9,12,16H,4,7-8,10-11H2,1-2H3,(H,21,24)(H,22,25). The van der Waals surface area contributed by atoms with Gasteiger partial charge in [-0.2, -0.15) is 0 Å². The smallest absolute Gasteiger partial charge is 0.252 e. The Labute approximate surface area is 162 Å². The highest BCUT2D eigenvalue weighted by Gasteiger charge is 2.27. The van der Waals surface area contributed by atoms with Crippen molar-refractivity contribution in [3.05, 3.63) is 45.9 Å². The maximum Gasteiger partial charge on any atom is 0.252 e. The van der Waals surface area contributed by atoms with Crippen LogP contribution in [0.5, 0.6) is 5.75 Å². The maximum atomic E-state index is 12.3. The lowest BCUT2D eigenvalue weighted by Gasteiger charge is -2.24. The quantitative estimate of drug-likeness (QED) is 0.740. The minimum atomic E-state index is -0.275. The number of hydrazine groups is 1. The van der Waals surface area contributed by atoms with Crippen LogP contribution in [0.4, 0.5) is 0 Å². The van der Waals surface area contributed by atoms with Gasteiger partial charge in [0, 0.05) is 17.1 Å². The number of likely N-dealkylation sites (tertiary alicyclic amines) is 1. The van der Waals surface area contributed by atoms with Crippen LogP contribution in [0.3, 0.4) is 0 Å². The summed E-state index contributed by atoms with van der Waals surface area (Å²) < 4.78 is 5.30. The van der Waals surface area contributed by atoms with Gasteiger partial charge in [0.1, 0.15) is 10.8 Å². The first-order valence-electron chi connectivity index (χ1n) is 8.92. The minimum Gasteiger partial charge on any atom is -0.497 e. The predicted molar refractivity (Wildman–Crippen MR) is 103 cm³/mol. The Morgan fingerprint density at radius 2 is 2.15 bits per heavy atom.